The van der Waals surface area contributed by atoms with Crippen LogP contribution in [-0.4, -0.2) is 30.5 Å². The Labute approximate surface area is 155 Å². The number of sulfone groups is 1. The molecule has 0 saturated carbocycles. The second-order valence-electron chi connectivity index (χ2n) is 5.60. The molecule has 0 saturated heterocycles. The molecule has 0 heterocycles. The molecule has 0 aliphatic heterocycles. The Bertz CT molecular complexity index is 838. The molecule has 5 nitrogen and oxygen atoms in total. The summed E-state index contributed by atoms with van der Waals surface area (Å²) < 4.78 is 26.4. The summed E-state index contributed by atoms with van der Waals surface area (Å²) in [5.74, 6) is -0.827. The lowest BCUT2D eigenvalue weighted by molar-refractivity contribution is -0.483. The molecule has 0 fully saturated rings. The summed E-state index contributed by atoms with van der Waals surface area (Å²) in [5, 5.41) is 10.4. The van der Waals surface area contributed by atoms with Crippen molar-refractivity contribution in [2.24, 2.45) is 0 Å². The van der Waals surface area contributed by atoms with Gasteiger partial charge in [0.25, 0.3) is 0 Å². The van der Waals surface area contributed by atoms with Gasteiger partial charge in [0, 0.05) is 10.3 Å². The highest BCUT2D eigenvalue weighted by Gasteiger charge is 2.39. The number of hydrogen-bond acceptors (Lipinski definition) is 4. The number of rotatable bonds is 8. The van der Waals surface area contributed by atoms with Crippen LogP contribution in [0, 0.1) is 10.1 Å². The summed E-state index contributed by atoms with van der Waals surface area (Å²) in [6, 6.07) is 16.7. The molecule has 2 unspecified atom stereocenters. The van der Waals surface area contributed by atoms with Crippen LogP contribution in [0.5, 0.6) is 0 Å². The zero-order valence-electron chi connectivity index (χ0n) is 13.4. The van der Waals surface area contributed by atoms with Gasteiger partial charge in [-0.15, -0.1) is 0 Å². The summed E-state index contributed by atoms with van der Waals surface area (Å²) in [5.41, 5.74) is 0.991. The lowest BCUT2D eigenvalue weighted by Gasteiger charge is -2.26. The SMILES string of the molecule is C=C(CBr)C(C(C[N+](=O)[O-])c1ccccc1)S(=O)(=O)c1ccccc1. The number of hydrogen-bond donors (Lipinski definition) is 0. The second kappa shape index (κ2) is 8.40. The van der Waals surface area contributed by atoms with E-state index >= 15 is 0 Å². The van der Waals surface area contributed by atoms with Gasteiger partial charge in [-0.25, -0.2) is 8.42 Å². The molecular formula is C18H18BrNO4S. The van der Waals surface area contributed by atoms with Crippen molar-refractivity contribution in [1.29, 1.82) is 0 Å². The van der Waals surface area contributed by atoms with E-state index in [1.165, 1.54) is 12.1 Å². The van der Waals surface area contributed by atoms with Crippen molar-refractivity contribution < 1.29 is 13.3 Å². The highest BCUT2D eigenvalue weighted by Crippen LogP contribution is 2.34. The fraction of sp³-hybridized carbons (Fsp3) is 0.222. The van der Waals surface area contributed by atoms with E-state index < -0.39 is 32.5 Å². The van der Waals surface area contributed by atoms with Crippen LogP contribution in [0.1, 0.15) is 11.5 Å². The van der Waals surface area contributed by atoms with Crippen LogP contribution in [0.15, 0.2) is 77.7 Å². The van der Waals surface area contributed by atoms with Crippen LogP contribution in [0.2, 0.25) is 0 Å². The first-order chi connectivity index (χ1) is 11.9. The molecule has 0 aromatic heterocycles. The fourth-order valence-electron chi connectivity index (χ4n) is 2.79. The molecule has 2 rings (SSSR count). The Hall–Kier alpha value is -1.99. The van der Waals surface area contributed by atoms with Crippen molar-refractivity contribution in [3.05, 3.63) is 88.5 Å². The van der Waals surface area contributed by atoms with Gasteiger partial charge in [-0.3, -0.25) is 10.1 Å². The number of nitro groups is 1. The van der Waals surface area contributed by atoms with Gasteiger partial charge in [0.2, 0.25) is 6.54 Å². The highest BCUT2D eigenvalue weighted by molar-refractivity contribution is 9.09. The third kappa shape index (κ3) is 4.55. The molecule has 0 N–H and O–H groups in total. The highest BCUT2D eigenvalue weighted by atomic mass is 79.9. The molecule has 0 radical (unpaired) electrons. The van der Waals surface area contributed by atoms with Crippen LogP contribution >= 0.6 is 15.9 Å². The minimum atomic E-state index is -3.84. The van der Waals surface area contributed by atoms with Crippen LogP contribution < -0.4 is 0 Å². The van der Waals surface area contributed by atoms with Crippen molar-refractivity contribution >= 4 is 25.8 Å². The predicted molar refractivity (Wildman–Crippen MR) is 101 cm³/mol. The van der Waals surface area contributed by atoms with E-state index in [-0.39, 0.29) is 10.2 Å². The van der Waals surface area contributed by atoms with Crippen LogP contribution in [0.4, 0.5) is 0 Å². The Morgan fingerprint density at radius 2 is 1.60 bits per heavy atom. The molecule has 2 aromatic carbocycles. The smallest absolute Gasteiger partial charge is 0.212 e. The van der Waals surface area contributed by atoms with Gasteiger partial charge in [0.15, 0.2) is 9.84 Å². The van der Waals surface area contributed by atoms with E-state index in [4.69, 9.17) is 0 Å². The molecule has 0 bridgehead atoms. The maximum absolute atomic E-state index is 13.2. The van der Waals surface area contributed by atoms with Crippen LogP contribution in [-0.2, 0) is 9.84 Å². The largest absolute Gasteiger partial charge is 0.265 e. The molecule has 132 valence electrons. The van der Waals surface area contributed by atoms with Crippen molar-refractivity contribution in [2.45, 2.75) is 16.1 Å². The van der Waals surface area contributed by atoms with E-state index in [1.807, 2.05) is 0 Å². The number of halogens is 1. The lowest BCUT2D eigenvalue weighted by atomic mass is 9.92. The predicted octanol–water partition coefficient (Wildman–Crippen LogP) is 3.84. The number of benzene rings is 2. The van der Waals surface area contributed by atoms with E-state index in [2.05, 4.69) is 22.5 Å². The summed E-state index contributed by atoms with van der Waals surface area (Å²) in [4.78, 5) is 10.9. The fourth-order valence-corrected chi connectivity index (χ4v) is 5.38. The number of alkyl halides is 1. The van der Waals surface area contributed by atoms with Crippen molar-refractivity contribution in [2.75, 3.05) is 11.9 Å². The Balaban J connectivity index is 2.61. The maximum Gasteiger partial charge on any atom is 0.212 e. The van der Waals surface area contributed by atoms with Gasteiger partial charge in [-0.2, -0.15) is 0 Å². The first-order valence-electron chi connectivity index (χ1n) is 7.57. The van der Waals surface area contributed by atoms with Gasteiger partial charge < -0.3 is 0 Å². The topological polar surface area (TPSA) is 77.3 Å². The normalized spacial score (nSPS) is 13.8. The van der Waals surface area contributed by atoms with Crippen molar-refractivity contribution in [1.82, 2.24) is 0 Å². The molecule has 2 aromatic rings. The minimum absolute atomic E-state index is 0.131. The zero-order valence-corrected chi connectivity index (χ0v) is 15.8. The first kappa shape index (κ1) is 19.3. The third-order valence-electron chi connectivity index (χ3n) is 3.92. The summed E-state index contributed by atoms with van der Waals surface area (Å²) in [6.07, 6.45) is 0. The maximum atomic E-state index is 13.2. The molecule has 0 spiro atoms. The van der Waals surface area contributed by atoms with Crippen LogP contribution in [0.25, 0.3) is 0 Å². The first-order valence-corrected chi connectivity index (χ1v) is 10.2. The third-order valence-corrected chi connectivity index (χ3v) is 6.90. The molecule has 0 aliphatic carbocycles. The molecule has 0 aliphatic rings. The van der Waals surface area contributed by atoms with E-state index in [9.17, 15) is 18.5 Å². The quantitative estimate of drug-likeness (QED) is 0.279. The van der Waals surface area contributed by atoms with Gasteiger partial charge in [0.05, 0.1) is 10.8 Å². The standard InChI is InChI=1S/C18H18BrNO4S/c1-14(12-19)18(25(23,24)16-10-6-3-7-11-16)17(13-20(21)22)15-8-4-2-5-9-15/h2-11,17-18H,1,12-13H2. The summed E-state index contributed by atoms with van der Waals surface area (Å²) in [6.45, 7) is 3.38. The average molecular weight is 424 g/mol. The Morgan fingerprint density at radius 1 is 1.08 bits per heavy atom. The summed E-state index contributed by atoms with van der Waals surface area (Å²) in [7, 11) is -3.84. The molecule has 0 amide bonds. The minimum Gasteiger partial charge on any atom is -0.265 e. The van der Waals surface area contributed by atoms with Crippen molar-refractivity contribution in [3.8, 4) is 0 Å². The van der Waals surface area contributed by atoms with Crippen LogP contribution in [0.3, 0.4) is 0 Å². The molecule has 25 heavy (non-hydrogen) atoms. The van der Waals surface area contributed by atoms with Gasteiger partial charge in [-0.1, -0.05) is 71.0 Å². The van der Waals surface area contributed by atoms with E-state index in [1.54, 1.807) is 48.5 Å². The van der Waals surface area contributed by atoms with E-state index in [0.717, 1.165) is 0 Å². The Morgan fingerprint density at radius 3 is 2.08 bits per heavy atom. The monoisotopic (exact) mass is 423 g/mol. The Kier molecular flexibility index (Phi) is 6.50. The summed E-state index contributed by atoms with van der Waals surface area (Å²) >= 11 is 3.25. The zero-order chi connectivity index (χ0) is 18.4. The average Bonchev–Trinajstić information content (AvgIpc) is 2.62. The van der Waals surface area contributed by atoms with E-state index in [0.29, 0.717) is 11.1 Å². The van der Waals surface area contributed by atoms with Crippen molar-refractivity contribution in [3.63, 3.8) is 0 Å². The molecule has 2 atom stereocenters. The molecule has 7 heteroatoms. The second-order valence-corrected chi connectivity index (χ2v) is 8.23. The van der Waals surface area contributed by atoms with Gasteiger partial charge >= 0.3 is 0 Å². The van der Waals surface area contributed by atoms with Gasteiger partial charge in [-0.05, 0) is 23.3 Å². The van der Waals surface area contributed by atoms with Gasteiger partial charge in [0.1, 0.15) is 5.25 Å². The number of nitrogens with zero attached hydrogens (tertiary/aromatic N) is 1. The molecular weight excluding hydrogens is 406 g/mol. The lowest BCUT2D eigenvalue weighted by Crippen LogP contribution is -2.34.